The topological polar surface area (TPSA) is 87.7 Å². The fraction of sp³-hybridized carbons (Fsp3) is 0.281. The number of benzene rings is 3. The average Bonchev–Trinajstić information content (AvgIpc) is 3.39. The molecule has 8 heteroatoms. The number of amides is 2. The number of carbonyl (C=O) groups is 3. The Morgan fingerprint density at radius 3 is 2.10 bits per heavy atom. The number of piperidine rings is 1. The Labute approximate surface area is 238 Å². The van der Waals surface area contributed by atoms with Gasteiger partial charge in [0.15, 0.2) is 5.78 Å². The fourth-order valence-corrected chi connectivity index (χ4v) is 6.30. The van der Waals surface area contributed by atoms with Gasteiger partial charge in [0.05, 0.1) is 0 Å². The van der Waals surface area contributed by atoms with Crippen LogP contribution in [0.3, 0.4) is 0 Å². The third-order valence-corrected chi connectivity index (χ3v) is 8.49. The summed E-state index contributed by atoms with van der Waals surface area (Å²) < 4.78 is 6.80. The molecule has 206 valence electrons. The van der Waals surface area contributed by atoms with E-state index in [0.717, 1.165) is 45.9 Å². The van der Waals surface area contributed by atoms with Gasteiger partial charge in [0, 0.05) is 57.9 Å². The normalized spacial score (nSPS) is 13.7. The van der Waals surface area contributed by atoms with Crippen LogP contribution in [0.15, 0.2) is 66.7 Å². The maximum Gasteiger partial charge on any atom is 0.251 e. The number of hydrogen-bond donors (Lipinski definition) is 2. The number of rotatable bonds is 9. The molecule has 2 heterocycles. The molecule has 3 aromatic carbocycles. The Kier molecular flexibility index (Phi) is 8.57. The molecule has 1 aliphatic heterocycles. The van der Waals surface area contributed by atoms with Crippen molar-refractivity contribution in [2.24, 2.45) is 0 Å². The molecule has 2 N–H and O–H groups in total. The minimum atomic E-state index is -0.185. The summed E-state index contributed by atoms with van der Waals surface area (Å²) in [6.07, 6.45) is 3.81. The largest absolute Gasteiger partial charge is 0.492 e. The number of hydrogen-bond acceptors (Lipinski definition) is 6. The summed E-state index contributed by atoms with van der Waals surface area (Å²) in [5.74, 6) is 0.274. The average molecular weight is 556 g/mol. The second-order valence-electron chi connectivity index (χ2n) is 9.86. The molecule has 5 rings (SSSR count). The van der Waals surface area contributed by atoms with Crippen molar-refractivity contribution in [3.8, 4) is 16.2 Å². The molecule has 1 aliphatic rings. The summed E-state index contributed by atoms with van der Waals surface area (Å²) >= 11 is 1.46. The van der Waals surface area contributed by atoms with Gasteiger partial charge < -0.3 is 15.4 Å². The molecule has 1 saturated heterocycles. The van der Waals surface area contributed by atoms with Crippen molar-refractivity contribution < 1.29 is 19.1 Å². The van der Waals surface area contributed by atoms with Gasteiger partial charge in [-0.25, -0.2) is 0 Å². The van der Waals surface area contributed by atoms with Crippen LogP contribution in [-0.4, -0.2) is 62.8 Å². The zero-order valence-corrected chi connectivity index (χ0v) is 23.6. The van der Waals surface area contributed by atoms with Crippen molar-refractivity contribution in [3.63, 3.8) is 0 Å². The van der Waals surface area contributed by atoms with Crippen LogP contribution in [0.2, 0.25) is 0 Å². The van der Waals surface area contributed by atoms with Gasteiger partial charge in [-0.1, -0.05) is 24.6 Å². The van der Waals surface area contributed by atoms with Gasteiger partial charge in [-0.15, -0.1) is 11.3 Å². The van der Waals surface area contributed by atoms with E-state index < -0.39 is 0 Å². The number of likely N-dealkylation sites (tertiary alicyclic amines) is 1. The quantitative estimate of drug-likeness (QED) is 0.271. The lowest BCUT2D eigenvalue weighted by molar-refractivity contribution is 0.0955. The van der Waals surface area contributed by atoms with Gasteiger partial charge in [-0.3, -0.25) is 19.3 Å². The van der Waals surface area contributed by atoms with Crippen molar-refractivity contribution in [3.05, 3.63) is 89.0 Å². The third kappa shape index (κ3) is 5.93. The van der Waals surface area contributed by atoms with Crippen LogP contribution in [0, 0.1) is 0 Å². The van der Waals surface area contributed by atoms with Crippen molar-refractivity contribution in [2.75, 3.05) is 40.3 Å². The summed E-state index contributed by atoms with van der Waals surface area (Å²) in [7, 11) is 3.18. The Bertz CT molecular complexity index is 1520. The van der Waals surface area contributed by atoms with E-state index in [2.05, 4.69) is 15.5 Å². The summed E-state index contributed by atoms with van der Waals surface area (Å²) in [6.45, 7) is 3.79. The van der Waals surface area contributed by atoms with E-state index in [0.29, 0.717) is 28.9 Å². The first-order valence-corrected chi connectivity index (χ1v) is 14.4. The van der Waals surface area contributed by atoms with Crippen molar-refractivity contribution in [1.29, 1.82) is 0 Å². The molecule has 0 saturated carbocycles. The molecule has 0 atom stereocenters. The van der Waals surface area contributed by atoms with Crippen LogP contribution in [-0.2, 0) is 0 Å². The van der Waals surface area contributed by atoms with E-state index in [1.165, 1.54) is 30.6 Å². The number of thiophene rings is 1. The molecular weight excluding hydrogens is 522 g/mol. The molecule has 0 unspecified atom stereocenters. The monoisotopic (exact) mass is 555 g/mol. The molecule has 0 spiro atoms. The molecular formula is C32H33N3O4S. The molecule has 7 nitrogen and oxygen atoms in total. The highest BCUT2D eigenvalue weighted by atomic mass is 32.1. The van der Waals surface area contributed by atoms with Crippen molar-refractivity contribution in [1.82, 2.24) is 15.5 Å². The van der Waals surface area contributed by atoms with E-state index in [-0.39, 0.29) is 17.6 Å². The van der Waals surface area contributed by atoms with Crippen LogP contribution in [0.5, 0.6) is 5.75 Å². The summed E-state index contributed by atoms with van der Waals surface area (Å²) in [5.41, 5.74) is 3.04. The summed E-state index contributed by atoms with van der Waals surface area (Å²) in [6, 6.07) is 19.9. The molecule has 1 fully saturated rings. The van der Waals surface area contributed by atoms with Gasteiger partial charge in [0.1, 0.15) is 12.4 Å². The van der Waals surface area contributed by atoms with Crippen LogP contribution >= 0.6 is 11.3 Å². The number of nitrogens with zero attached hydrogens (tertiary/aromatic N) is 1. The maximum atomic E-state index is 14.0. The minimum absolute atomic E-state index is 0.107. The van der Waals surface area contributed by atoms with Crippen molar-refractivity contribution in [2.45, 2.75) is 19.3 Å². The molecule has 40 heavy (non-hydrogen) atoms. The smallest absolute Gasteiger partial charge is 0.251 e. The number of carbonyl (C=O) groups excluding carboxylic acids is 3. The second-order valence-corrected chi connectivity index (χ2v) is 10.9. The lowest BCUT2D eigenvalue weighted by Crippen LogP contribution is -2.33. The first kappa shape index (κ1) is 27.6. The van der Waals surface area contributed by atoms with Gasteiger partial charge in [-0.05, 0) is 80.0 Å². The van der Waals surface area contributed by atoms with Gasteiger partial charge in [0.2, 0.25) is 0 Å². The number of nitrogens with one attached hydrogen (secondary N) is 2. The zero-order valence-electron chi connectivity index (χ0n) is 22.8. The lowest BCUT2D eigenvalue weighted by atomic mass is 9.96. The third-order valence-electron chi connectivity index (χ3n) is 7.28. The van der Waals surface area contributed by atoms with E-state index in [1.54, 1.807) is 44.4 Å². The van der Waals surface area contributed by atoms with E-state index in [9.17, 15) is 14.4 Å². The molecule has 0 radical (unpaired) electrons. The molecule has 2 amide bonds. The molecule has 1 aromatic heterocycles. The summed E-state index contributed by atoms with van der Waals surface area (Å²) in [5, 5.41) is 6.07. The van der Waals surface area contributed by atoms with Crippen LogP contribution < -0.4 is 15.4 Å². The first-order valence-electron chi connectivity index (χ1n) is 13.6. The highest BCUT2D eigenvalue weighted by Gasteiger charge is 2.23. The van der Waals surface area contributed by atoms with E-state index in [4.69, 9.17) is 4.74 Å². The number of ether oxygens (including phenoxy) is 1. The SMILES string of the molecule is CNC(=O)c1ccc(-c2sc3cc(C(=O)NC)ccc3c2C(=O)c2ccc(OCCN3CCCCC3)cc2)cc1. The predicted molar refractivity (Wildman–Crippen MR) is 160 cm³/mol. The molecule has 0 bridgehead atoms. The van der Waals surface area contributed by atoms with Gasteiger partial charge in [-0.2, -0.15) is 0 Å². The second kappa shape index (κ2) is 12.4. The van der Waals surface area contributed by atoms with Crippen molar-refractivity contribution >= 4 is 39.0 Å². The first-order chi connectivity index (χ1) is 19.5. The Morgan fingerprint density at radius 2 is 1.43 bits per heavy atom. The lowest BCUT2D eigenvalue weighted by Gasteiger charge is -2.26. The Hall–Kier alpha value is -4.01. The number of ketones is 1. The molecule has 4 aromatic rings. The van der Waals surface area contributed by atoms with Gasteiger partial charge >= 0.3 is 0 Å². The fourth-order valence-electron chi connectivity index (χ4n) is 5.05. The van der Waals surface area contributed by atoms with Crippen LogP contribution in [0.25, 0.3) is 20.5 Å². The minimum Gasteiger partial charge on any atom is -0.492 e. The zero-order chi connectivity index (χ0) is 28.1. The Balaban J connectivity index is 1.44. The highest BCUT2D eigenvalue weighted by molar-refractivity contribution is 7.22. The number of fused-ring (bicyclic) bond motifs is 1. The predicted octanol–water partition coefficient (Wildman–Crippen LogP) is 5.38. The summed E-state index contributed by atoms with van der Waals surface area (Å²) in [4.78, 5) is 41.5. The van der Waals surface area contributed by atoms with Gasteiger partial charge in [0.25, 0.3) is 11.8 Å². The van der Waals surface area contributed by atoms with Crippen LogP contribution in [0.1, 0.15) is 55.9 Å². The highest BCUT2D eigenvalue weighted by Crippen LogP contribution is 2.40. The molecule has 0 aliphatic carbocycles. The van der Waals surface area contributed by atoms with Crippen LogP contribution in [0.4, 0.5) is 0 Å². The van der Waals surface area contributed by atoms with E-state index >= 15 is 0 Å². The standard InChI is InChI=1S/C32H33N3O4S/c1-33-31(37)23-8-6-22(7-9-23)30-28(26-15-12-24(32(38)34-2)20-27(26)40-30)29(36)21-10-13-25(14-11-21)39-19-18-35-16-4-3-5-17-35/h6-15,20H,3-5,16-19H2,1-2H3,(H,33,37)(H,34,38). The van der Waals surface area contributed by atoms with E-state index in [1.807, 2.05) is 36.4 Å². The Morgan fingerprint density at radius 1 is 0.800 bits per heavy atom. The maximum absolute atomic E-state index is 14.0.